The summed E-state index contributed by atoms with van der Waals surface area (Å²) in [5, 5.41) is 9.46. The molecule has 7 nitrogen and oxygen atoms in total. The van der Waals surface area contributed by atoms with E-state index in [0.29, 0.717) is 12.3 Å². The lowest BCUT2D eigenvalue weighted by Gasteiger charge is -2.28. The van der Waals surface area contributed by atoms with Crippen molar-refractivity contribution in [3.8, 4) is 17.0 Å². The van der Waals surface area contributed by atoms with Gasteiger partial charge in [0.25, 0.3) is 0 Å². The number of amides is 1. The van der Waals surface area contributed by atoms with Crippen molar-refractivity contribution in [2.24, 2.45) is 0 Å². The van der Waals surface area contributed by atoms with Crippen LogP contribution in [-0.2, 0) is 4.74 Å². The van der Waals surface area contributed by atoms with Crippen LogP contribution >= 0.6 is 0 Å². The van der Waals surface area contributed by atoms with Gasteiger partial charge in [0.05, 0.1) is 23.5 Å². The molecular weight excluding hydrogens is 284 g/mol. The van der Waals surface area contributed by atoms with Crippen LogP contribution in [0.1, 0.15) is 13.8 Å². The molecule has 2 aromatic rings. The fourth-order valence-corrected chi connectivity index (χ4v) is 2.38. The maximum Gasteiger partial charge on any atom is 0.331 e. The number of nitrogen functional groups attached to an aromatic ring is 1. The minimum atomic E-state index is -0.343. The van der Waals surface area contributed by atoms with E-state index in [1.54, 1.807) is 23.2 Å². The number of rotatable bonds is 1. The summed E-state index contributed by atoms with van der Waals surface area (Å²) in [6.07, 6.45) is 3.11. The Hall–Kier alpha value is -2.54. The molecule has 1 fully saturated rings. The van der Waals surface area contributed by atoms with Crippen LogP contribution in [0.2, 0.25) is 0 Å². The predicted octanol–water partition coefficient (Wildman–Crippen LogP) is 1.87. The predicted molar refractivity (Wildman–Crippen MR) is 81.3 cm³/mol. The van der Waals surface area contributed by atoms with Crippen LogP contribution in [0.3, 0.4) is 0 Å². The molecule has 1 aromatic heterocycles. The van der Waals surface area contributed by atoms with Gasteiger partial charge in [-0.2, -0.15) is 0 Å². The number of nitrogens with zero attached hydrogens (tertiary/aromatic N) is 3. The highest BCUT2D eigenvalue weighted by atomic mass is 16.5. The topological polar surface area (TPSA) is 93.6 Å². The van der Waals surface area contributed by atoms with E-state index in [0.717, 1.165) is 5.56 Å². The monoisotopic (exact) mass is 302 g/mol. The molecule has 0 bridgehead atoms. The maximum absolute atomic E-state index is 12.5. The number of phenols is 1. The third-order valence-corrected chi connectivity index (χ3v) is 3.76. The zero-order chi connectivity index (χ0) is 15.9. The quantitative estimate of drug-likeness (QED) is 0.619. The number of ether oxygens (including phenoxy) is 1. The van der Waals surface area contributed by atoms with Crippen LogP contribution in [0.4, 0.5) is 10.5 Å². The molecule has 0 spiro atoms. The minimum Gasteiger partial charge on any atom is -0.506 e. The Morgan fingerprint density at radius 3 is 2.86 bits per heavy atom. The summed E-state index contributed by atoms with van der Waals surface area (Å²) in [6.45, 7) is 4.69. The number of aromatic hydroxyl groups is 1. The lowest BCUT2D eigenvalue weighted by Crippen LogP contribution is -2.45. The summed E-state index contributed by atoms with van der Waals surface area (Å²) >= 11 is 0. The lowest BCUT2D eigenvalue weighted by atomic mass is 10.1. The number of benzene rings is 1. The third kappa shape index (κ3) is 2.39. The van der Waals surface area contributed by atoms with E-state index in [2.05, 4.69) is 4.98 Å². The molecule has 3 rings (SSSR count). The molecule has 1 aromatic carbocycles. The molecule has 7 heteroatoms. The van der Waals surface area contributed by atoms with Crippen molar-refractivity contribution in [3.05, 3.63) is 30.7 Å². The van der Waals surface area contributed by atoms with Gasteiger partial charge in [-0.3, -0.25) is 9.47 Å². The summed E-state index contributed by atoms with van der Waals surface area (Å²) in [6, 6.07) is 4.64. The van der Waals surface area contributed by atoms with Crippen molar-refractivity contribution in [1.82, 2.24) is 14.5 Å². The number of hydrogen-bond acceptors (Lipinski definition) is 5. The largest absolute Gasteiger partial charge is 0.506 e. The first-order valence-electron chi connectivity index (χ1n) is 6.91. The van der Waals surface area contributed by atoms with Gasteiger partial charge in [0.1, 0.15) is 18.8 Å². The van der Waals surface area contributed by atoms with Crippen LogP contribution in [-0.4, -0.2) is 44.5 Å². The van der Waals surface area contributed by atoms with Crippen molar-refractivity contribution in [1.29, 1.82) is 0 Å². The average Bonchev–Trinajstić information content (AvgIpc) is 3.07. The zero-order valence-corrected chi connectivity index (χ0v) is 12.5. The molecule has 116 valence electrons. The molecule has 0 radical (unpaired) electrons. The molecular formula is C15H18N4O3. The summed E-state index contributed by atoms with van der Waals surface area (Å²) < 4.78 is 6.79. The molecule has 1 amide bonds. The normalized spacial score (nSPS) is 16.9. The van der Waals surface area contributed by atoms with Crippen molar-refractivity contribution < 1.29 is 14.6 Å². The van der Waals surface area contributed by atoms with Crippen molar-refractivity contribution in [2.75, 3.05) is 19.1 Å². The van der Waals surface area contributed by atoms with Crippen LogP contribution in [0.25, 0.3) is 11.3 Å². The fraction of sp³-hybridized carbons (Fsp3) is 0.333. The third-order valence-electron chi connectivity index (χ3n) is 3.76. The number of carbonyl (C=O) groups is 1. The smallest absolute Gasteiger partial charge is 0.331 e. The number of anilines is 1. The van der Waals surface area contributed by atoms with E-state index in [9.17, 15) is 9.90 Å². The highest BCUT2D eigenvalue weighted by Crippen LogP contribution is 2.27. The van der Waals surface area contributed by atoms with Crippen LogP contribution in [0, 0.1) is 0 Å². The molecule has 2 heterocycles. The lowest BCUT2D eigenvalue weighted by molar-refractivity contribution is 0.140. The Bertz CT molecular complexity index is 723. The average molecular weight is 302 g/mol. The van der Waals surface area contributed by atoms with E-state index < -0.39 is 0 Å². The second kappa shape index (κ2) is 5.03. The van der Waals surface area contributed by atoms with Gasteiger partial charge >= 0.3 is 6.03 Å². The van der Waals surface area contributed by atoms with Crippen LogP contribution in [0.5, 0.6) is 5.75 Å². The van der Waals surface area contributed by atoms with Crippen LogP contribution < -0.4 is 5.73 Å². The van der Waals surface area contributed by atoms with E-state index in [1.807, 2.05) is 13.8 Å². The molecule has 0 unspecified atom stereocenters. The fourth-order valence-electron chi connectivity index (χ4n) is 2.38. The number of imidazole rings is 1. The van der Waals surface area contributed by atoms with E-state index >= 15 is 0 Å². The van der Waals surface area contributed by atoms with Gasteiger partial charge in [0.15, 0.2) is 0 Å². The number of phenolic OH excluding ortho intramolecular Hbond substituents is 1. The van der Waals surface area contributed by atoms with Gasteiger partial charge in [-0.1, -0.05) is 0 Å². The maximum atomic E-state index is 12.5. The van der Waals surface area contributed by atoms with Gasteiger partial charge in [-0.05, 0) is 32.0 Å². The summed E-state index contributed by atoms with van der Waals surface area (Å²) in [4.78, 5) is 18.4. The molecule has 1 aliphatic rings. The Morgan fingerprint density at radius 1 is 1.45 bits per heavy atom. The molecule has 3 N–H and O–H groups in total. The molecule has 0 saturated carbocycles. The first-order valence-corrected chi connectivity index (χ1v) is 6.91. The first-order chi connectivity index (χ1) is 10.4. The first kappa shape index (κ1) is 14.4. The standard InChI is InChI=1S/C15H18N4O3/c1-15(2)7-22-9-19(15)14(21)18-6-12(17-8-18)10-3-4-13(20)11(16)5-10/h3-6,8,20H,7,9,16H2,1-2H3. The number of aromatic nitrogens is 2. The summed E-state index contributed by atoms with van der Waals surface area (Å²) in [5.41, 5.74) is 6.96. The van der Waals surface area contributed by atoms with Gasteiger partial charge < -0.3 is 15.6 Å². The SMILES string of the molecule is CC1(C)COCN1C(=O)n1cnc(-c2ccc(O)c(N)c2)c1. The highest BCUT2D eigenvalue weighted by Gasteiger charge is 2.37. The Labute approximate surface area is 127 Å². The zero-order valence-electron chi connectivity index (χ0n) is 12.5. The summed E-state index contributed by atoms with van der Waals surface area (Å²) in [7, 11) is 0. The van der Waals surface area contributed by atoms with E-state index in [4.69, 9.17) is 10.5 Å². The second-order valence-electron chi connectivity index (χ2n) is 5.94. The summed E-state index contributed by atoms with van der Waals surface area (Å²) in [5.74, 6) is 0.0234. The Morgan fingerprint density at radius 2 is 2.23 bits per heavy atom. The van der Waals surface area contributed by atoms with Crippen molar-refractivity contribution in [2.45, 2.75) is 19.4 Å². The number of carbonyl (C=O) groups excluding carboxylic acids is 1. The van der Waals surface area contributed by atoms with Crippen molar-refractivity contribution >= 4 is 11.7 Å². The van der Waals surface area contributed by atoms with Gasteiger partial charge in [-0.25, -0.2) is 9.78 Å². The number of nitrogens with two attached hydrogens (primary N) is 1. The Kier molecular flexibility index (Phi) is 3.29. The minimum absolute atomic E-state index is 0.0234. The molecule has 22 heavy (non-hydrogen) atoms. The molecule has 0 aliphatic carbocycles. The van der Waals surface area contributed by atoms with E-state index in [1.165, 1.54) is 17.0 Å². The van der Waals surface area contributed by atoms with Crippen LogP contribution in [0.15, 0.2) is 30.7 Å². The number of hydrogen-bond donors (Lipinski definition) is 2. The molecule has 1 saturated heterocycles. The van der Waals surface area contributed by atoms with Gasteiger partial charge in [0, 0.05) is 11.8 Å². The van der Waals surface area contributed by atoms with Gasteiger partial charge in [-0.15, -0.1) is 0 Å². The highest BCUT2D eigenvalue weighted by molar-refractivity contribution is 5.79. The Balaban J connectivity index is 1.87. The van der Waals surface area contributed by atoms with E-state index in [-0.39, 0.29) is 29.7 Å². The molecule has 1 aliphatic heterocycles. The second-order valence-corrected chi connectivity index (χ2v) is 5.94. The molecule has 0 atom stereocenters. The van der Waals surface area contributed by atoms with Gasteiger partial charge in [0.2, 0.25) is 0 Å². The van der Waals surface area contributed by atoms with Crippen molar-refractivity contribution in [3.63, 3.8) is 0 Å².